The summed E-state index contributed by atoms with van der Waals surface area (Å²) in [5.41, 5.74) is 0.622. The molecule has 12 heavy (non-hydrogen) atoms. The van der Waals surface area contributed by atoms with E-state index < -0.39 is 5.82 Å². The van der Waals surface area contributed by atoms with Gasteiger partial charge < -0.3 is 10.1 Å². The van der Waals surface area contributed by atoms with Crippen LogP contribution in [-0.2, 0) is 0 Å². The smallest absolute Gasteiger partial charge is 0.222 e. The maximum absolute atomic E-state index is 12.6. The van der Waals surface area contributed by atoms with Gasteiger partial charge in [-0.05, 0) is 13.0 Å². The molecule has 0 atom stereocenters. The topological polar surface area (TPSA) is 46.0 Å². The number of hydrogen-bond donors (Lipinski definition) is 1. The molecule has 0 aliphatic heterocycles. The van der Waals surface area contributed by atoms with Crippen LogP contribution in [0, 0.1) is 11.2 Å². The van der Waals surface area contributed by atoms with E-state index in [9.17, 15) is 4.39 Å². The van der Waals surface area contributed by atoms with Gasteiger partial charge in [0.25, 0.3) is 0 Å². The third-order valence-corrected chi connectivity index (χ3v) is 1.42. The van der Waals surface area contributed by atoms with Crippen LogP contribution < -0.4 is 4.74 Å². The summed E-state index contributed by atoms with van der Waals surface area (Å²) in [6.07, 6.45) is 1.06. The van der Waals surface area contributed by atoms with Crippen molar-refractivity contribution in [1.29, 1.82) is 5.41 Å². The van der Waals surface area contributed by atoms with Crippen LogP contribution in [0.5, 0.6) is 5.88 Å². The number of hydrogen-bond acceptors (Lipinski definition) is 3. The van der Waals surface area contributed by atoms with E-state index >= 15 is 0 Å². The normalized spacial score (nSPS) is 9.58. The third kappa shape index (κ3) is 1.58. The summed E-state index contributed by atoms with van der Waals surface area (Å²) in [4.78, 5) is 3.68. The standard InChI is InChI=1S/C8H9FN2O/c1-5(10)7-3-6(9)4-11-8(7)12-2/h3-4,10H,1-2H3. The van der Waals surface area contributed by atoms with Gasteiger partial charge in [-0.1, -0.05) is 0 Å². The SMILES string of the molecule is COc1ncc(F)cc1C(C)=N. The van der Waals surface area contributed by atoms with Gasteiger partial charge in [0, 0.05) is 5.71 Å². The lowest BCUT2D eigenvalue weighted by molar-refractivity contribution is 0.395. The molecule has 0 amide bonds. The van der Waals surface area contributed by atoms with E-state index in [1.165, 1.54) is 13.2 Å². The molecule has 0 aromatic carbocycles. The maximum Gasteiger partial charge on any atom is 0.222 e. The van der Waals surface area contributed by atoms with Gasteiger partial charge in [-0.3, -0.25) is 0 Å². The number of nitrogens with one attached hydrogen (secondary N) is 1. The van der Waals surface area contributed by atoms with Gasteiger partial charge in [-0.2, -0.15) is 0 Å². The molecule has 0 radical (unpaired) electrons. The second-order valence-electron chi connectivity index (χ2n) is 2.34. The predicted octanol–water partition coefficient (Wildman–Crippen LogP) is 1.62. The van der Waals surface area contributed by atoms with E-state index in [1.807, 2.05) is 0 Å². The van der Waals surface area contributed by atoms with Crippen molar-refractivity contribution in [1.82, 2.24) is 4.98 Å². The van der Waals surface area contributed by atoms with Gasteiger partial charge >= 0.3 is 0 Å². The summed E-state index contributed by atoms with van der Waals surface area (Å²) < 4.78 is 17.5. The van der Waals surface area contributed by atoms with Gasteiger partial charge in [-0.25, -0.2) is 9.37 Å². The summed E-state index contributed by atoms with van der Waals surface area (Å²) in [5.74, 6) is -0.179. The van der Waals surface area contributed by atoms with Crippen LogP contribution in [0.2, 0.25) is 0 Å². The van der Waals surface area contributed by atoms with E-state index in [0.717, 1.165) is 6.20 Å². The Morgan fingerprint density at radius 3 is 2.83 bits per heavy atom. The van der Waals surface area contributed by atoms with Gasteiger partial charge in [0.05, 0.1) is 18.9 Å². The van der Waals surface area contributed by atoms with Crippen molar-refractivity contribution < 1.29 is 9.13 Å². The fraction of sp³-hybridized carbons (Fsp3) is 0.250. The molecule has 0 bridgehead atoms. The number of ether oxygens (including phenoxy) is 1. The third-order valence-electron chi connectivity index (χ3n) is 1.42. The van der Waals surface area contributed by atoms with Crippen LogP contribution in [0.15, 0.2) is 12.3 Å². The Hall–Kier alpha value is -1.45. The highest BCUT2D eigenvalue weighted by Crippen LogP contribution is 2.15. The van der Waals surface area contributed by atoms with Crippen molar-refractivity contribution in [2.45, 2.75) is 6.92 Å². The van der Waals surface area contributed by atoms with Gasteiger partial charge in [0.2, 0.25) is 5.88 Å². The second kappa shape index (κ2) is 3.30. The highest BCUT2D eigenvalue weighted by molar-refractivity contribution is 5.98. The van der Waals surface area contributed by atoms with E-state index in [1.54, 1.807) is 6.92 Å². The van der Waals surface area contributed by atoms with Crippen LogP contribution >= 0.6 is 0 Å². The molecule has 1 aromatic rings. The summed E-state index contributed by atoms with van der Waals surface area (Å²) in [6, 6.07) is 1.23. The molecule has 0 unspecified atom stereocenters. The fourth-order valence-electron chi connectivity index (χ4n) is 0.858. The van der Waals surface area contributed by atoms with Crippen LogP contribution in [0.3, 0.4) is 0 Å². The molecule has 4 heteroatoms. The van der Waals surface area contributed by atoms with E-state index in [2.05, 4.69) is 4.98 Å². The molecular weight excluding hydrogens is 159 g/mol. The van der Waals surface area contributed by atoms with Crippen LogP contribution in [0.25, 0.3) is 0 Å². The molecule has 0 spiro atoms. The number of aromatic nitrogens is 1. The zero-order valence-corrected chi connectivity index (χ0v) is 6.89. The largest absolute Gasteiger partial charge is 0.481 e. The quantitative estimate of drug-likeness (QED) is 0.682. The summed E-state index contributed by atoms with van der Waals surface area (Å²) >= 11 is 0. The Morgan fingerprint density at radius 1 is 1.67 bits per heavy atom. The number of halogens is 1. The van der Waals surface area contributed by atoms with Gasteiger partial charge in [0.15, 0.2) is 0 Å². The van der Waals surface area contributed by atoms with Crippen molar-refractivity contribution >= 4 is 5.71 Å². The minimum absolute atomic E-state index is 0.235. The first-order valence-electron chi connectivity index (χ1n) is 3.40. The number of pyridine rings is 1. The molecule has 64 valence electrons. The zero-order valence-electron chi connectivity index (χ0n) is 6.89. The molecule has 3 nitrogen and oxygen atoms in total. The highest BCUT2D eigenvalue weighted by Gasteiger charge is 2.07. The van der Waals surface area contributed by atoms with Crippen molar-refractivity contribution in [2.24, 2.45) is 0 Å². The van der Waals surface area contributed by atoms with Crippen molar-refractivity contribution in [2.75, 3.05) is 7.11 Å². The summed E-state index contributed by atoms with van der Waals surface area (Å²) in [6.45, 7) is 1.55. The Bertz CT molecular complexity index is 312. The fourth-order valence-corrected chi connectivity index (χ4v) is 0.858. The van der Waals surface area contributed by atoms with Crippen LogP contribution in [0.4, 0.5) is 4.39 Å². The van der Waals surface area contributed by atoms with Crippen molar-refractivity contribution in [3.63, 3.8) is 0 Å². The first kappa shape index (κ1) is 8.64. The Balaban J connectivity index is 3.21. The Kier molecular flexibility index (Phi) is 2.38. The highest BCUT2D eigenvalue weighted by atomic mass is 19.1. The zero-order chi connectivity index (χ0) is 9.14. The molecule has 0 aliphatic carbocycles. The Labute approximate surface area is 69.7 Å². The molecule has 0 saturated carbocycles. The number of nitrogens with zero attached hydrogens (tertiary/aromatic N) is 1. The first-order chi connectivity index (χ1) is 5.65. The molecule has 1 heterocycles. The van der Waals surface area contributed by atoms with E-state index in [-0.39, 0.29) is 11.6 Å². The van der Waals surface area contributed by atoms with Crippen molar-refractivity contribution in [3.8, 4) is 5.88 Å². The first-order valence-corrected chi connectivity index (χ1v) is 3.40. The average molecular weight is 168 g/mol. The predicted molar refractivity (Wildman–Crippen MR) is 43.2 cm³/mol. The molecular formula is C8H9FN2O. The Morgan fingerprint density at radius 2 is 2.33 bits per heavy atom. The molecule has 0 aliphatic rings. The average Bonchev–Trinajstić information content (AvgIpc) is 2.04. The van der Waals surface area contributed by atoms with E-state index in [4.69, 9.17) is 10.1 Å². The second-order valence-corrected chi connectivity index (χ2v) is 2.34. The lowest BCUT2D eigenvalue weighted by Crippen LogP contribution is -2.00. The lowest BCUT2D eigenvalue weighted by Gasteiger charge is -2.04. The van der Waals surface area contributed by atoms with Gasteiger partial charge in [-0.15, -0.1) is 0 Å². The van der Waals surface area contributed by atoms with Crippen LogP contribution in [0.1, 0.15) is 12.5 Å². The number of methoxy groups -OCH3 is 1. The molecule has 0 fully saturated rings. The molecule has 0 saturated heterocycles. The number of rotatable bonds is 2. The summed E-state index contributed by atoms with van der Waals surface area (Å²) in [5, 5.41) is 7.29. The minimum Gasteiger partial charge on any atom is -0.481 e. The maximum atomic E-state index is 12.6. The van der Waals surface area contributed by atoms with Crippen molar-refractivity contribution in [3.05, 3.63) is 23.6 Å². The minimum atomic E-state index is -0.461. The lowest BCUT2D eigenvalue weighted by atomic mass is 10.2. The molecule has 1 rings (SSSR count). The summed E-state index contributed by atoms with van der Waals surface area (Å²) in [7, 11) is 1.44. The monoisotopic (exact) mass is 168 g/mol. The molecule has 1 N–H and O–H groups in total. The van der Waals surface area contributed by atoms with E-state index in [0.29, 0.717) is 5.56 Å². The van der Waals surface area contributed by atoms with Crippen LogP contribution in [-0.4, -0.2) is 17.8 Å². The molecule has 1 aromatic heterocycles. The van der Waals surface area contributed by atoms with Gasteiger partial charge in [0.1, 0.15) is 5.82 Å².